The molecule has 2 aromatic carbocycles. The fourth-order valence-corrected chi connectivity index (χ4v) is 4.81. The molecule has 9 heteroatoms. The summed E-state index contributed by atoms with van der Waals surface area (Å²) in [5, 5.41) is 11.5. The number of rotatable bonds is 8. The number of Topliss-reactive ketones (excluding diaryl/α,β-unsaturated/α-hetero) is 1. The molecule has 1 aliphatic carbocycles. The van der Waals surface area contributed by atoms with Crippen molar-refractivity contribution in [2.45, 2.75) is 13.3 Å². The molecule has 1 aliphatic rings. The van der Waals surface area contributed by atoms with E-state index < -0.39 is 39.4 Å². The fraction of sp³-hybridized carbons (Fsp3) is 0.292. The predicted molar refractivity (Wildman–Crippen MR) is 121 cm³/mol. The van der Waals surface area contributed by atoms with Crippen LogP contribution in [0.3, 0.4) is 0 Å². The number of benzene rings is 2. The number of esters is 2. The molecule has 33 heavy (non-hydrogen) atoms. The number of nitro groups is 1. The molecule has 0 heterocycles. The highest BCUT2D eigenvalue weighted by atomic mass is 35.5. The maximum absolute atomic E-state index is 13.7. The van der Waals surface area contributed by atoms with E-state index in [-0.39, 0.29) is 17.7 Å². The van der Waals surface area contributed by atoms with Crippen molar-refractivity contribution < 1.29 is 28.8 Å². The zero-order chi connectivity index (χ0) is 24.4. The molecule has 0 radical (unpaired) electrons. The van der Waals surface area contributed by atoms with Gasteiger partial charge in [-0.1, -0.05) is 42.8 Å². The molecule has 0 saturated heterocycles. The zero-order valence-electron chi connectivity index (χ0n) is 18.2. The van der Waals surface area contributed by atoms with Gasteiger partial charge in [0.05, 0.1) is 24.6 Å². The van der Waals surface area contributed by atoms with Gasteiger partial charge in [0.15, 0.2) is 11.2 Å². The quantitative estimate of drug-likeness (QED) is 0.183. The Morgan fingerprint density at radius 2 is 1.70 bits per heavy atom. The molecule has 0 aromatic heterocycles. The van der Waals surface area contributed by atoms with Crippen LogP contribution < -0.4 is 0 Å². The van der Waals surface area contributed by atoms with E-state index in [4.69, 9.17) is 21.1 Å². The van der Waals surface area contributed by atoms with Crippen LogP contribution in [0, 0.1) is 26.9 Å². The van der Waals surface area contributed by atoms with Gasteiger partial charge in [0.2, 0.25) is 0 Å². The molecule has 0 amide bonds. The van der Waals surface area contributed by atoms with Crippen LogP contribution in [0.15, 0.2) is 54.6 Å². The Hall–Kier alpha value is -3.52. The lowest BCUT2D eigenvalue weighted by atomic mass is 9.83. The largest absolute Gasteiger partial charge is 0.468 e. The van der Waals surface area contributed by atoms with E-state index in [1.54, 1.807) is 37.3 Å². The van der Waals surface area contributed by atoms with Crippen molar-refractivity contribution >= 4 is 41.1 Å². The minimum Gasteiger partial charge on any atom is -0.468 e. The number of hydrogen-bond acceptors (Lipinski definition) is 7. The standard InChI is InChI=1S/C24H22ClNO7/c1-4-23(20(27)16-9-11-17(25)12-10-16)19(24(23,21(28)32-2)22(29)33-3)13-8-15-6-5-7-18(14-15)26(30)31/h5-14,19H,4H2,1-3H3/b13-8+/t19-,23-/m1/s1. The third-order valence-corrected chi connectivity index (χ3v) is 6.52. The summed E-state index contributed by atoms with van der Waals surface area (Å²) in [5.41, 5.74) is -2.70. The lowest BCUT2D eigenvalue weighted by Crippen LogP contribution is -2.37. The van der Waals surface area contributed by atoms with Crippen LogP contribution in [-0.2, 0) is 19.1 Å². The molecule has 2 aromatic rings. The van der Waals surface area contributed by atoms with Crippen molar-refractivity contribution in [3.63, 3.8) is 0 Å². The normalized spacial score (nSPS) is 20.8. The summed E-state index contributed by atoms with van der Waals surface area (Å²) in [6, 6.07) is 12.0. The van der Waals surface area contributed by atoms with Gasteiger partial charge < -0.3 is 9.47 Å². The first-order chi connectivity index (χ1) is 15.7. The Kier molecular flexibility index (Phi) is 6.69. The third-order valence-electron chi connectivity index (χ3n) is 6.26. The highest BCUT2D eigenvalue weighted by Gasteiger charge is 2.87. The average molecular weight is 472 g/mol. The van der Waals surface area contributed by atoms with Crippen molar-refractivity contribution in [3.05, 3.63) is 80.9 Å². The first-order valence-electron chi connectivity index (χ1n) is 10.1. The van der Waals surface area contributed by atoms with Crippen LogP contribution in [0.1, 0.15) is 29.3 Å². The lowest BCUT2D eigenvalue weighted by molar-refractivity contribution is -0.384. The van der Waals surface area contributed by atoms with E-state index in [0.29, 0.717) is 10.6 Å². The molecule has 0 spiro atoms. The second kappa shape index (κ2) is 9.15. The van der Waals surface area contributed by atoms with E-state index >= 15 is 0 Å². The van der Waals surface area contributed by atoms with E-state index in [2.05, 4.69) is 0 Å². The summed E-state index contributed by atoms with van der Waals surface area (Å²) in [6.07, 6.45) is 3.23. The Bertz CT molecular complexity index is 1130. The summed E-state index contributed by atoms with van der Waals surface area (Å²) in [6.45, 7) is 1.70. The highest BCUT2D eigenvalue weighted by Crippen LogP contribution is 2.74. The van der Waals surface area contributed by atoms with Gasteiger partial charge >= 0.3 is 11.9 Å². The Balaban J connectivity index is 2.15. The van der Waals surface area contributed by atoms with E-state index in [1.807, 2.05) is 0 Å². The highest BCUT2D eigenvalue weighted by molar-refractivity contribution is 6.30. The number of ketones is 1. The molecule has 2 atom stereocenters. The lowest BCUT2D eigenvalue weighted by Gasteiger charge is -2.20. The molecular weight excluding hydrogens is 450 g/mol. The molecule has 0 N–H and O–H groups in total. The zero-order valence-corrected chi connectivity index (χ0v) is 19.0. The first kappa shape index (κ1) is 24.1. The van der Waals surface area contributed by atoms with E-state index in [0.717, 1.165) is 14.2 Å². The number of carbonyl (C=O) groups excluding carboxylic acids is 3. The van der Waals surface area contributed by atoms with Gasteiger partial charge in [0.25, 0.3) is 5.69 Å². The number of carbonyl (C=O) groups is 3. The van der Waals surface area contributed by atoms with Crippen LogP contribution in [0.25, 0.3) is 6.08 Å². The monoisotopic (exact) mass is 471 g/mol. The molecule has 0 unspecified atom stereocenters. The van der Waals surface area contributed by atoms with Crippen molar-refractivity contribution in [2.24, 2.45) is 16.7 Å². The summed E-state index contributed by atoms with van der Waals surface area (Å²) < 4.78 is 9.92. The second-order valence-corrected chi connectivity index (χ2v) is 8.08. The minimum absolute atomic E-state index is 0.112. The number of hydrogen-bond donors (Lipinski definition) is 0. The van der Waals surface area contributed by atoms with Crippen LogP contribution in [0.2, 0.25) is 5.02 Å². The summed E-state index contributed by atoms with van der Waals surface area (Å²) in [7, 11) is 2.28. The second-order valence-electron chi connectivity index (χ2n) is 7.64. The van der Waals surface area contributed by atoms with Crippen molar-refractivity contribution in [3.8, 4) is 0 Å². The minimum atomic E-state index is -1.89. The molecule has 8 nitrogen and oxygen atoms in total. The van der Waals surface area contributed by atoms with Gasteiger partial charge in [-0.15, -0.1) is 0 Å². The number of methoxy groups -OCH3 is 2. The van der Waals surface area contributed by atoms with Gasteiger partial charge in [-0.2, -0.15) is 0 Å². The average Bonchev–Trinajstić information content (AvgIpc) is 3.45. The number of halogens is 1. The summed E-state index contributed by atoms with van der Waals surface area (Å²) in [5.74, 6) is -3.08. The maximum Gasteiger partial charge on any atom is 0.324 e. The molecule has 1 saturated carbocycles. The molecule has 0 aliphatic heterocycles. The third kappa shape index (κ3) is 3.70. The number of nitrogens with zero attached hydrogens (tertiary/aromatic N) is 1. The van der Waals surface area contributed by atoms with E-state index in [9.17, 15) is 24.5 Å². The number of ether oxygens (including phenoxy) is 2. The van der Waals surface area contributed by atoms with Crippen LogP contribution in [0.5, 0.6) is 0 Å². The Morgan fingerprint density at radius 3 is 2.21 bits per heavy atom. The van der Waals surface area contributed by atoms with Crippen molar-refractivity contribution in [1.82, 2.24) is 0 Å². The topological polar surface area (TPSA) is 113 Å². The smallest absolute Gasteiger partial charge is 0.324 e. The Labute approximate surface area is 195 Å². The van der Waals surface area contributed by atoms with Gasteiger partial charge in [-0.05, 0) is 36.2 Å². The van der Waals surface area contributed by atoms with Gasteiger partial charge in [0, 0.05) is 28.6 Å². The van der Waals surface area contributed by atoms with Gasteiger partial charge in [-0.3, -0.25) is 24.5 Å². The SMILES string of the molecule is CC[C@]1(C(=O)c2ccc(Cl)cc2)[C@@H](/C=C/c2cccc([N+](=O)[O-])c2)C1(C(=O)OC)C(=O)OC. The van der Waals surface area contributed by atoms with E-state index in [1.165, 1.54) is 30.3 Å². The molecular formula is C24H22ClNO7. The van der Waals surface area contributed by atoms with Crippen LogP contribution in [-0.4, -0.2) is 36.9 Å². The first-order valence-corrected chi connectivity index (χ1v) is 10.5. The molecule has 3 rings (SSSR count). The number of non-ortho nitro benzene ring substituents is 1. The predicted octanol–water partition coefficient (Wildman–Crippen LogP) is 4.50. The van der Waals surface area contributed by atoms with Gasteiger partial charge in [-0.25, -0.2) is 0 Å². The van der Waals surface area contributed by atoms with Gasteiger partial charge in [0.1, 0.15) is 0 Å². The van der Waals surface area contributed by atoms with Crippen LogP contribution >= 0.6 is 11.6 Å². The van der Waals surface area contributed by atoms with Crippen molar-refractivity contribution in [1.29, 1.82) is 0 Å². The maximum atomic E-state index is 13.7. The van der Waals surface area contributed by atoms with Crippen molar-refractivity contribution in [2.75, 3.05) is 14.2 Å². The summed E-state index contributed by atoms with van der Waals surface area (Å²) >= 11 is 5.94. The van der Waals surface area contributed by atoms with Crippen LogP contribution in [0.4, 0.5) is 5.69 Å². The Morgan fingerprint density at radius 1 is 1.09 bits per heavy atom. The molecule has 172 valence electrons. The fourth-order valence-electron chi connectivity index (χ4n) is 4.69. The number of nitro benzene ring substituents is 1. The summed E-state index contributed by atoms with van der Waals surface area (Å²) in [4.78, 5) is 50.3. The molecule has 0 bridgehead atoms. The number of allylic oxidation sites excluding steroid dienone is 1. The molecule has 1 fully saturated rings.